The SMILES string of the molecule is CCCNC(CSc1ccccc1F)c1cnn(C)c1. The van der Waals surface area contributed by atoms with Gasteiger partial charge in [-0.1, -0.05) is 19.1 Å². The van der Waals surface area contributed by atoms with Crippen LogP contribution in [0.5, 0.6) is 0 Å². The van der Waals surface area contributed by atoms with Crippen LogP contribution in [-0.2, 0) is 7.05 Å². The summed E-state index contributed by atoms with van der Waals surface area (Å²) in [4.78, 5) is 0.694. The van der Waals surface area contributed by atoms with E-state index in [1.165, 1.54) is 17.8 Å². The summed E-state index contributed by atoms with van der Waals surface area (Å²) in [5.74, 6) is 0.630. The van der Waals surface area contributed by atoms with Crippen molar-refractivity contribution in [3.05, 3.63) is 48.0 Å². The van der Waals surface area contributed by atoms with Gasteiger partial charge in [-0.2, -0.15) is 5.10 Å². The lowest BCUT2D eigenvalue weighted by Gasteiger charge is -2.16. The van der Waals surface area contributed by atoms with Crippen LogP contribution in [0.15, 0.2) is 41.6 Å². The molecule has 1 atom stereocenters. The zero-order valence-corrected chi connectivity index (χ0v) is 12.7. The maximum atomic E-state index is 13.6. The monoisotopic (exact) mass is 293 g/mol. The van der Waals surface area contributed by atoms with Crippen LogP contribution >= 0.6 is 11.8 Å². The van der Waals surface area contributed by atoms with E-state index in [-0.39, 0.29) is 11.9 Å². The average Bonchev–Trinajstić information content (AvgIpc) is 2.87. The first-order valence-corrected chi connectivity index (χ1v) is 7.78. The highest BCUT2D eigenvalue weighted by Crippen LogP contribution is 2.26. The molecule has 0 aliphatic heterocycles. The second-order valence-electron chi connectivity index (χ2n) is 4.70. The maximum Gasteiger partial charge on any atom is 0.136 e. The molecular formula is C15H20FN3S. The van der Waals surface area contributed by atoms with Gasteiger partial charge in [0.25, 0.3) is 0 Å². The van der Waals surface area contributed by atoms with Gasteiger partial charge in [0.05, 0.1) is 6.20 Å². The van der Waals surface area contributed by atoms with Crippen LogP contribution in [0.25, 0.3) is 0 Å². The van der Waals surface area contributed by atoms with Crippen molar-refractivity contribution in [3.63, 3.8) is 0 Å². The highest BCUT2D eigenvalue weighted by atomic mass is 32.2. The number of nitrogens with zero attached hydrogens (tertiary/aromatic N) is 2. The molecule has 1 aromatic carbocycles. The van der Waals surface area contributed by atoms with E-state index in [9.17, 15) is 4.39 Å². The zero-order valence-electron chi connectivity index (χ0n) is 11.8. The van der Waals surface area contributed by atoms with Crippen molar-refractivity contribution < 1.29 is 4.39 Å². The van der Waals surface area contributed by atoms with Gasteiger partial charge in [0.2, 0.25) is 0 Å². The normalized spacial score (nSPS) is 12.6. The minimum Gasteiger partial charge on any atom is -0.309 e. The molecule has 0 radical (unpaired) electrons. The number of thioether (sulfide) groups is 1. The summed E-state index contributed by atoms with van der Waals surface area (Å²) in [6.45, 7) is 3.08. The fourth-order valence-electron chi connectivity index (χ4n) is 1.95. The number of aromatic nitrogens is 2. The van der Waals surface area contributed by atoms with Gasteiger partial charge in [-0.25, -0.2) is 4.39 Å². The molecule has 1 N–H and O–H groups in total. The van der Waals surface area contributed by atoms with Crippen molar-refractivity contribution in [3.8, 4) is 0 Å². The second kappa shape index (κ2) is 7.45. The highest BCUT2D eigenvalue weighted by Gasteiger charge is 2.14. The number of benzene rings is 1. The van der Waals surface area contributed by atoms with E-state index in [1.54, 1.807) is 10.7 Å². The molecule has 0 fully saturated rings. The molecule has 0 amide bonds. The fourth-order valence-corrected chi connectivity index (χ4v) is 2.98. The van der Waals surface area contributed by atoms with Crippen LogP contribution in [0, 0.1) is 5.82 Å². The molecule has 1 unspecified atom stereocenters. The summed E-state index contributed by atoms with van der Waals surface area (Å²) in [5.41, 5.74) is 1.14. The molecule has 2 aromatic rings. The molecule has 0 aliphatic rings. The van der Waals surface area contributed by atoms with Gasteiger partial charge < -0.3 is 5.32 Å². The highest BCUT2D eigenvalue weighted by molar-refractivity contribution is 7.99. The van der Waals surface area contributed by atoms with Gasteiger partial charge in [-0.05, 0) is 25.1 Å². The summed E-state index contributed by atoms with van der Waals surface area (Å²) in [7, 11) is 1.91. The summed E-state index contributed by atoms with van der Waals surface area (Å²) < 4.78 is 15.4. The molecule has 3 nitrogen and oxygen atoms in total. The molecule has 5 heteroatoms. The van der Waals surface area contributed by atoms with Crippen molar-refractivity contribution in [2.75, 3.05) is 12.3 Å². The van der Waals surface area contributed by atoms with Crippen LogP contribution in [0.1, 0.15) is 24.9 Å². The Morgan fingerprint density at radius 3 is 2.85 bits per heavy atom. The first-order valence-electron chi connectivity index (χ1n) is 6.80. The van der Waals surface area contributed by atoms with E-state index in [0.29, 0.717) is 4.90 Å². The summed E-state index contributed by atoms with van der Waals surface area (Å²) in [6, 6.07) is 7.09. The van der Waals surface area contributed by atoms with E-state index in [0.717, 1.165) is 24.3 Å². The van der Waals surface area contributed by atoms with Gasteiger partial charge in [0.15, 0.2) is 0 Å². The molecule has 2 rings (SSSR count). The minimum atomic E-state index is -0.155. The lowest BCUT2D eigenvalue weighted by Crippen LogP contribution is -2.23. The quantitative estimate of drug-likeness (QED) is 0.794. The topological polar surface area (TPSA) is 29.9 Å². The predicted octanol–water partition coefficient (Wildman–Crippen LogP) is 3.39. The summed E-state index contributed by atoms with van der Waals surface area (Å²) >= 11 is 1.54. The third-order valence-corrected chi connectivity index (χ3v) is 4.15. The Bertz CT molecular complexity index is 541. The standard InChI is InChI=1S/C15H20FN3S/c1-3-8-17-14(12-9-18-19(2)10-12)11-20-15-7-5-4-6-13(15)16/h4-7,9-10,14,17H,3,8,11H2,1-2H3. The maximum absolute atomic E-state index is 13.6. The average molecular weight is 293 g/mol. The second-order valence-corrected chi connectivity index (χ2v) is 5.76. The molecule has 0 aliphatic carbocycles. The van der Waals surface area contributed by atoms with E-state index < -0.39 is 0 Å². The van der Waals surface area contributed by atoms with Crippen LogP contribution in [-0.4, -0.2) is 22.1 Å². The van der Waals surface area contributed by atoms with Crippen LogP contribution < -0.4 is 5.32 Å². The van der Waals surface area contributed by atoms with Crippen molar-refractivity contribution in [1.29, 1.82) is 0 Å². The Kier molecular flexibility index (Phi) is 5.61. The summed E-state index contributed by atoms with van der Waals surface area (Å²) in [6.07, 6.45) is 4.95. The smallest absolute Gasteiger partial charge is 0.136 e. The molecule has 0 saturated heterocycles. The lowest BCUT2D eigenvalue weighted by molar-refractivity contribution is 0.575. The third kappa shape index (κ3) is 4.08. The van der Waals surface area contributed by atoms with E-state index in [2.05, 4.69) is 17.3 Å². The van der Waals surface area contributed by atoms with Gasteiger partial charge in [0.1, 0.15) is 5.82 Å². The first-order chi connectivity index (χ1) is 9.70. The molecular weight excluding hydrogens is 273 g/mol. The zero-order chi connectivity index (χ0) is 14.4. The van der Waals surface area contributed by atoms with Crippen molar-refractivity contribution in [1.82, 2.24) is 15.1 Å². The summed E-state index contributed by atoms with van der Waals surface area (Å²) in [5, 5.41) is 7.70. The van der Waals surface area contributed by atoms with E-state index in [4.69, 9.17) is 0 Å². The van der Waals surface area contributed by atoms with Crippen LogP contribution in [0.3, 0.4) is 0 Å². The predicted molar refractivity (Wildman–Crippen MR) is 81.4 cm³/mol. The number of hydrogen-bond donors (Lipinski definition) is 1. The molecule has 0 saturated carbocycles. The Labute approximate surface area is 123 Å². The van der Waals surface area contributed by atoms with E-state index in [1.807, 2.05) is 31.6 Å². The third-order valence-electron chi connectivity index (χ3n) is 3.01. The van der Waals surface area contributed by atoms with E-state index >= 15 is 0 Å². The molecule has 0 bridgehead atoms. The Balaban J connectivity index is 2.03. The Morgan fingerprint density at radius 2 is 2.20 bits per heavy atom. The number of hydrogen-bond acceptors (Lipinski definition) is 3. The van der Waals surface area contributed by atoms with Crippen molar-refractivity contribution in [2.45, 2.75) is 24.3 Å². The van der Waals surface area contributed by atoms with Gasteiger partial charge in [0, 0.05) is 35.5 Å². The molecule has 108 valence electrons. The van der Waals surface area contributed by atoms with Gasteiger partial charge >= 0.3 is 0 Å². The first kappa shape index (κ1) is 15.1. The number of rotatable bonds is 7. The molecule has 1 aromatic heterocycles. The van der Waals surface area contributed by atoms with Crippen LogP contribution in [0.4, 0.5) is 4.39 Å². The largest absolute Gasteiger partial charge is 0.309 e. The number of aryl methyl sites for hydroxylation is 1. The molecule has 0 spiro atoms. The van der Waals surface area contributed by atoms with Crippen molar-refractivity contribution >= 4 is 11.8 Å². The van der Waals surface area contributed by atoms with Crippen LogP contribution in [0.2, 0.25) is 0 Å². The van der Waals surface area contributed by atoms with Gasteiger partial charge in [-0.15, -0.1) is 11.8 Å². The number of halogens is 1. The molecule has 20 heavy (non-hydrogen) atoms. The minimum absolute atomic E-state index is 0.155. The number of nitrogens with one attached hydrogen (secondary N) is 1. The van der Waals surface area contributed by atoms with Gasteiger partial charge in [-0.3, -0.25) is 4.68 Å². The lowest BCUT2D eigenvalue weighted by atomic mass is 10.2. The Morgan fingerprint density at radius 1 is 1.40 bits per heavy atom. The molecule has 1 heterocycles. The van der Waals surface area contributed by atoms with Crippen molar-refractivity contribution in [2.24, 2.45) is 7.05 Å². The Hall–Kier alpha value is -1.33. The fraction of sp³-hybridized carbons (Fsp3) is 0.400.